The predicted octanol–water partition coefficient (Wildman–Crippen LogP) is 1.49. The van der Waals surface area contributed by atoms with Crippen molar-refractivity contribution in [2.45, 2.75) is 26.4 Å². The molecule has 1 amide bonds. The number of carbonyl (C=O) groups is 2. The minimum atomic E-state index is -0.981. The fraction of sp³-hybridized carbons (Fsp3) is 0.412. The second kappa shape index (κ2) is 7.02. The van der Waals surface area contributed by atoms with Gasteiger partial charge in [-0.1, -0.05) is 17.3 Å². The monoisotopic (exact) mass is 344 g/mol. The van der Waals surface area contributed by atoms with Gasteiger partial charge in [-0.05, 0) is 26.0 Å². The molecule has 0 spiro atoms. The van der Waals surface area contributed by atoms with Crippen LogP contribution in [-0.4, -0.2) is 62.6 Å². The molecule has 2 aromatic rings. The first-order chi connectivity index (χ1) is 12.0. The number of benzene rings is 1. The summed E-state index contributed by atoms with van der Waals surface area (Å²) in [5, 5.41) is 12.9. The van der Waals surface area contributed by atoms with E-state index in [9.17, 15) is 9.59 Å². The van der Waals surface area contributed by atoms with Gasteiger partial charge in [-0.2, -0.15) is 4.98 Å². The summed E-state index contributed by atoms with van der Waals surface area (Å²) in [7, 11) is 0. The molecule has 3 rings (SSSR count). The summed E-state index contributed by atoms with van der Waals surface area (Å²) in [4.78, 5) is 31.3. The second-order valence-electron chi connectivity index (χ2n) is 5.96. The molecule has 1 saturated heterocycles. The van der Waals surface area contributed by atoms with Crippen molar-refractivity contribution < 1.29 is 19.2 Å². The lowest BCUT2D eigenvalue weighted by Crippen LogP contribution is -2.55. The Labute approximate surface area is 145 Å². The molecule has 1 N–H and O–H groups in total. The van der Waals surface area contributed by atoms with E-state index in [2.05, 4.69) is 10.1 Å². The van der Waals surface area contributed by atoms with Crippen LogP contribution in [0.25, 0.3) is 11.4 Å². The topological polar surface area (TPSA) is 99.8 Å². The molecule has 0 unspecified atom stereocenters. The summed E-state index contributed by atoms with van der Waals surface area (Å²) in [6.07, 6.45) is 0. The lowest BCUT2D eigenvalue weighted by molar-refractivity contribution is -0.141. The summed E-state index contributed by atoms with van der Waals surface area (Å²) in [5.74, 6) is -0.0389. The van der Waals surface area contributed by atoms with Crippen molar-refractivity contribution in [3.63, 3.8) is 0 Å². The Morgan fingerprint density at radius 2 is 2.04 bits per heavy atom. The van der Waals surface area contributed by atoms with E-state index in [1.54, 1.807) is 12.1 Å². The number of carboxylic acids is 1. The van der Waals surface area contributed by atoms with E-state index in [-0.39, 0.29) is 17.5 Å². The van der Waals surface area contributed by atoms with Crippen molar-refractivity contribution in [1.82, 2.24) is 19.9 Å². The third kappa shape index (κ3) is 3.53. The Kier molecular flexibility index (Phi) is 4.80. The molecule has 1 aliphatic rings. The first-order valence-corrected chi connectivity index (χ1v) is 8.18. The summed E-state index contributed by atoms with van der Waals surface area (Å²) in [5.41, 5.74) is 0.883. The van der Waals surface area contributed by atoms with Gasteiger partial charge in [0.1, 0.15) is 0 Å². The molecule has 132 valence electrons. The van der Waals surface area contributed by atoms with Crippen molar-refractivity contribution >= 4 is 11.9 Å². The van der Waals surface area contributed by atoms with Crippen molar-refractivity contribution in [3.05, 3.63) is 35.7 Å². The van der Waals surface area contributed by atoms with Gasteiger partial charge >= 0.3 is 5.97 Å². The van der Waals surface area contributed by atoms with Crippen LogP contribution in [0, 0.1) is 0 Å². The van der Waals surface area contributed by atoms with Crippen LogP contribution >= 0.6 is 0 Å². The molecule has 25 heavy (non-hydrogen) atoms. The molecule has 2 heterocycles. The molecule has 1 aliphatic heterocycles. The zero-order valence-electron chi connectivity index (χ0n) is 14.2. The van der Waals surface area contributed by atoms with Crippen LogP contribution in [-0.2, 0) is 11.3 Å². The number of piperazine rings is 1. The standard InChI is InChI=1S/C17H20N4O4/c1-3-20-8-9-21(11(2)16(20)22)10-14-18-15(19-25-14)12-4-6-13(7-5-12)17(23)24/h4-7,11H,3,8-10H2,1-2H3,(H,23,24)/t11-/m0/s1. The average molecular weight is 344 g/mol. The maximum Gasteiger partial charge on any atom is 0.335 e. The molecule has 1 atom stereocenters. The third-order valence-electron chi connectivity index (χ3n) is 4.45. The maximum atomic E-state index is 12.2. The summed E-state index contributed by atoms with van der Waals surface area (Å²) in [6, 6.07) is 6.06. The molecule has 8 nitrogen and oxygen atoms in total. The van der Waals surface area contributed by atoms with Gasteiger partial charge in [-0.3, -0.25) is 9.69 Å². The number of carboxylic acid groups (broad SMARTS) is 1. The van der Waals surface area contributed by atoms with Crippen LogP contribution < -0.4 is 0 Å². The van der Waals surface area contributed by atoms with Crippen LogP contribution in [0.1, 0.15) is 30.1 Å². The van der Waals surface area contributed by atoms with Gasteiger partial charge in [-0.15, -0.1) is 0 Å². The first kappa shape index (κ1) is 17.1. The highest BCUT2D eigenvalue weighted by molar-refractivity contribution is 5.88. The van der Waals surface area contributed by atoms with Gasteiger partial charge in [0, 0.05) is 25.2 Å². The Hall–Kier alpha value is -2.74. The van der Waals surface area contributed by atoms with Gasteiger partial charge in [0.2, 0.25) is 17.6 Å². The number of hydrogen-bond acceptors (Lipinski definition) is 6. The quantitative estimate of drug-likeness (QED) is 0.877. The summed E-state index contributed by atoms with van der Waals surface area (Å²) >= 11 is 0. The van der Waals surface area contributed by atoms with Crippen molar-refractivity contribution in [3.8, 4) is 11.4 Å². The molecule has 1 aromatic heterocycles. The maximum absolute atomic E-state index is 12.2. The SMILES string of the molecule is CCN1CCN(Cc2nc(-c3ccc(C(=O)O)cc3)no2)[C@@H](C)C1=O. The highest BCUT2D eigenvalue weighted by atomic mass is 16.5. The average Bonchev–Trinajstić information content (AvgIpc) is 3.08. The smallest absolute Gasteiger partial charge is 0.335 e. The van der Waals surface area contributed by atoms with Crippen molar-refractivity contribution in [1.29, 1.82) is 0 Å². The number of rotatable bonds is 5. The van der Waals surface area contributed by atoms with Crippen molar-refractivity contribution in [2.24, 2.45) is 0 Å². The van der Waals surface area contributed by atoms with Gasteiger partial charge < -0.3 is 14.5 Å². The van der Waals surface area contributed by atoms with Gasteiger partial charge in [0.25, 0.3) is 0 Å². The van der Waals surface area contributed by atoms with Crippen LogP contribution in [0.2, 0.25) is 0 Å². The lowest BCUT2D eigenvalue weighted by Gasteiger charge is -2.37. The van der Waals surface area contributed by atoms with Crippen LogP contribution in [0.5, 0.6) is 0 Å². The molecule has 0 bridgehead atoms. The minimum absolute atomic E-state index is 0.109. The van der Waals surface area contributed by atoms with Crippen LogP contribution in [0.3, 0.4) is 0 Å². The van der Waals surface area contributed by atoms with E-state index in [1.807, 2.05) is 23.6 Å². The number of nitrogens with zero attached hydrogens (tertiary/aromatic N) is 4. The number of aromatic nitrogens is 2. The number of carbonyl (C=O) groups excluding carboxylic acids is 1. The van der Waals surface area contributed by atoms with Crippen LogP contribution in [0.4, 0.5) is 0 Å². The molecule has 0 saturated carbocycles. The normalized spacial score (nSPS) is 18.6. The van der Waals surface area contributed by atoms with E-state index in [0.29, 0.717) is 36.9 Å². The number of amides is 1. The van der Waals surface area contributed by atoms with E-state index in [1.165, 1.54) is 12.1 Å². The molecule has 1 fully saturated rings. The molecule has 1 aromatic carbocycles. The van der Waals surface area contributed by atoms with Gasteiger partial charge in [-0.25, -0.2) is 4.79 Å². The molecule has 0 aliphatic carbocycles. The Morgan fingerprint density at radius 3 is 2.68 bits per heavy atom. The molecular weight excluding hydrogens is 324 g/mol. The van der Waals surface area contributed by atoms with Crippen molar-refractivity contribution in [2.75, 3.05) is 19.6 Å². The summed E-state index contributed by atoms with van der Waals surface area (Å²) in [6.45, 7) is 6.42. The first-order valence-electron chi connectivity index (χ1n) is 8.18. The number of likely N-dealkylation sites (N-methyl/N-ethyl adjacent to an activating group) is 1. The lowest BCUT2D eigenvalue weighted by atomic mass is 10.1. The number of aromatic carboxylic acids is 1. The van der Waals surface area contributed by atoms with E-state index in [0.717, 1.165) is 6.54 Å². The zero-order chi connectivity index (χ0) is 18.0. The van der Waals surface area contributed by atoms with Crippen LogP contribution in [0.15, 0.2) is 28.8 Å². The molecule has 8 heteroatoms. The van der Waals surface area contributed by atoms with Gasteiger partial charge in [0.05, 0.1) is 18.2 Å². The van der Waals surface area contributed by atoms with E-state index >= 15 is 0 Å². The summed E-state index contributed by atoms with van der Waals surface area (Å²) < 4.78 is 5.29. The van der Waals surface area contributed by atoms with Gasteiger partial charge in [0.15, 0.2) is 0 Å². The minimum Gasteiger partial charge on any atom is -0.478 e. The molecular formula is C17H20N4O4. The fourth-order valence-corrected chi connectivity index (χ4v) is 2.88. The highest BCUT2D eigenvalue weighted by Gasteiger charge is 2.31. The fourth-order valence-electron chi connectivity index (χ4n) is 2.88. The Bertz CT molecular complexity index is 771. The number of hydrogen-bond donors (Lipinski definition) is 1. The Morgan fingerprint density at radius 1 is 1.32 bits per heavy atom. The zero-order valence-corrected chi connectivity index (χ0v) is 14.2. The van der Waals surface area contributed by atoms with E-state index < -0.39 is 5.97 Å². The highest BCUT2D eigenvalue weighted by Crippen LogP contribution is 2.19. The predicted molar refractivity (Wildman–Crippen MR) is 88.8 cm³/mol. The largest absolute Gasteiger partial charge is 0.478 e. The third-order valence-corrected chi connectivity index (χ3v) is 4.45. The second-order valence-corrected chi connectivity index (χ2v) is 5.96. The Balaban J connectivity index is 1.69. The molecule has 0 radical (unpaired) electrons. The van der Waals surface area contributed by atoms with E-state index in [4.69, 9.17) is 9.63 Å².